The summed E-state index contributed by atoms with van der Waals surface area (Å²) in [6, 6.07) is 0. The van der Waals surface area contributed by atoms with Crippen molar-refractivity contribution in [1.29, 1.82) is 0 Å². The molecule has 0 spiro atoms. The van der Waals surface area contributed by atoms with E-state index >= 15 is 0 Å². The zero-order valence-corrected chi connectivity index (χ0v) is 19.5. The molecule has 4 atom stereocenters. The van der Waals surface area contributed by atoms with Gasteiger partial charge in [0.1, 0.15) is 17.3 Å². The lowest BCUT2D eigenvalue weighted by Crippen LogP contribution is -2.62. The minimum atomic E-state index is -1.31. The molecule has 0 aliphatic carbocycles. The summed E-state index contributed by atoms with van der Waals surface area (Å²) in [7, 11) is 0. The first-order valence-corrected chi connectivity index (χ1v) is 11.2. The smallest absolute Gasteiger partial charge is 0.342 e. The Morgan fingerprint density at radius 1 is 1.23 bits per heavy atom. The van der Waals surface area contributed by atoms with E-state index in [1.807, 2.05) is 48.5 Å². The Bertz CT molecular complexity index is 661. The Morgan fingerprint density at radius 3 is 2.40 bits per heavy atom. The van der Waals surface area contributed by atoms with Gasteiger partial charge in [0.2, 0.25) is 0 Å². The molecule has 7 nitrogen and oxygen atoms in total. The van der Waals surface area contributed by atoms with Crippen molar-refractivity contribution >= 4 is 11.8 Å². The number of esters is 1. The molecule has 3 fully saturated rings. The largest absolute Gasteiger partial charge is 0.458 e. The highest BCUT2D eigenvalue weighted by molar-refractivity contribution is 5.94. The second-order valence-electron chi connectivity index (χ2n) is 10.3. The molecule has 3 saturated heterocycles. The number of fused-ring (bicyclic) bond motifs is 2. The third kappa shape index (κ3) is 4.06. The third-order valence-corrected chi connectivity index (χ3v) is 6.69. The minimum Gasteiger partial charge on any atom is -0.458 e. The Kier molecular flexibility index (Phi) is 6.42. The van der Waals surface area contributed by atoms with E-state index in [1.165, 1.54) is 0 Å². The fraction of sp³-hybridized carbons (Fsp3) is 0.913. The SMILES string of the molecule is CCO[C@@H]1C[C@]2(C(C)C)O[C@@]1(C(=O)OC(C)(C)C)[C@H](CCC1(C)OCCO1)CC2=O. The molecule has 2 bridgehead atoms. The molecule has 0 aromatic carbocycles. The summed E-state index contributed by atoms with van der Waals surface area (Å²) in [6.45, 7) is 14.8. The van der Waals surface area contributed by atoms with Gasteiger partial charge in [0.15, 0.2) is 17.2 Å². The summed E-state index contributed by atoms with van der Waals surface area (Å²) < 4.78 is 30.0. The van der Waals surface area contributed by atoms with Crippen molar-refractivity contribution < 1.29 is 33.3 Å². The maximum atomic E-state index is 13.6. The number of ketones is 1. The standard InChI is InChI=1S/C23H38O7/c1-8-26-18-14-22(15(2)3)17(24)13-16(9-10-21(7)27-11-12-28-21)23(18,30-22)19(25)29-20(4,5)6/h15-16,18H,8-14H2,1-7H3/t16-,18-,22-,23+/m1/s1. The normalized spacial score (nSPS) is 35.8. The van der Waals surface area contributed by atoms with Crippen molar-refractivity contribution in [3.05, 3.63) is 0 Å². The van der Waals surface area contributed by atoms with E-state index in [-0.39, 0.29) is 24.0 Å². The molecule has 3 rings (SSSR count). The van der Waals surface area contributed by atoms with E-state index < -0.39 is 34.7 Å². The number of carbonyl (C=O) groups is 2. The predicted molar refractivity (Wildman–Crippen MR) is 110 cm³/mol. The molecule has 0 unspecified atom stereocenters. The molecule has 3 heterocycles. The molecule has 30 heavy (non-hydrogen) atoms. The van der Waals surface area contributed by atoms with Crippen LogP contribution in [-0.4, -0.2) is 60.3 Å². The number of Topliss-reactive ketones (excluding diaryl/α,β-unsaturated/α-hetero) is 1. The van der Waals surface area contributed by atoms with Gasteiger partial charge in [-0.3, -0.25) is 4.79 Å². The van der Waals surface area contributed by atoms with Crippen LogP contribution in [0.15, 0.2) is 0 Å². The van der Waals surface area contributed by atoms with Gasteiger partial charge in [-0.25, -0.2) is 4.79 Å². The van der Waals surface area contributed by atoms with Crippen molar-refractivity contribution in [3.8, 4) is 0 Å². The highest BCUT2D eigenvalue weighted by atomic mass is 16.7. The fourth-order valence-corrected chi connectivity index (χ4v) is 5.11. The van der Waals surface area contributed by atoms with E-state index in [1.54, 1.807) is 0 Å². The molecule has 0 N–H and O–H groups in total. The summed E-state index contributed by atoms with van der Waals surface area (Å²) in [5.74, 6) is -1.54. The average molecular weight is 427 g/mol. The molecule has 0 aromatic heterocycles. The number of hydrogen-bond donors (Lipinski definition) is 0. The van der Waals surface area contributed by atoms with Crippen LogP contribution < -0.4 is 0 Å². The Morgan fingerprint density at radius 2 is 1.87 bits per heavy atom. The molecule has 3 aliphatic heterocycles. The van der Waals surface area contributed by atoms with Gasteiger partial charge in [0.25, 0.3) is 0 Å². The summed E-state index contributed by atoms with van der Waals surface area (Å²) >= 11 is 0. The lowest BCUT2D eigenvalue weighted by molar-refractivity contribution is -0.230. The molecule has 7 heteroatoms. The quantitative estimate of drug-likeness (QED) is 0.577. The topological polar surface area (TPSA) is 80.3 Å². The van der Waals surface area contributed by atoms with Crippen LogP contribution in [0.1, 0.15) is 74.1 Å². The van der Waals surface area contributed by atoms with E-state index in [0.29, 0.717) is 39.1 Å². The monoisotopic (exact) mass is 426 g/mol. The summed E-state index contributed by atoms with van der Waals surface area (Å²) in [6.07, 6.45) is 1.20. The van der Waals surface area contributed by atoms with E-state index in [0.717, 1.165) is 0 Å². The maximum absolute atomic E-state index is 13.6. The van der Waals surface area contributed by atoms with Crippen LogP contribution in [0.4, 0.5) is 0 Å². The van der Waals surface area contributed by atoms with Gasteiger partial charge in [-0.15, -0.1) is 0 Å². The summed E-state index contributed by atoms with van der Waals surface area (Å²) in [5, 5.41) is 0. The Balaban J connectivity index is 1.99. The lowest BCUT2D eigenvalue weighted by atomic mass is 9.75. The van der Waals surface area contributed by atoms with Crippen molar-refractivity contribution in [1.82, 2.24) is 0 Å². The number of hydrogen-bond acceptors (Lipinski definition) is 7. The van der Waals surface area contributed by atoms with E-state index in [9.17, 15) is 9.59 Å². The highest BCUT2D eigenvalue weighted by Crippen LogP contribution is 2.55. The van der Waals surface area contributed by atoms with Gasteiger partial charge in [-0.05, 0) is 47.0 Å². The first-order valence-electron chi connectivity index (χ1n) is 11.2. The lowest BCUT2D eigenvalue weighted by Gasteiger charge is -2.46. The molecular formula is C23H38O7. The van der Waals surface area contributed by atoms with Crippen LogP contribution in [0, 0.1) is 11.8 Å². The zero-order chi connectivity index (χ0) is 22.4. The summed E-state index contributed by atoms with van der Waals surface area (Å²) in [5.41, 5.74) is -3.00. The van der Waals surface area contributed by atoms with Crippen LogP contribution in [0.5, 0.6) is 0 Å². The Labute approximate surface area is 180 Å². The fourth-order valence-electron chi connectivity index (χ4n) is 5.11. The van der Waals surface area contributed by atoms with Crippen molar-refractivity contribution in [2.24, 2.45) is 11.8 Å². The molecule has 0 amide bonds. The van der Waals surface area contributed by atoms with Crippen LogP contribution in [0.2, 0.25) is 0 Å². The minimum absolute atomic E-state index is 0.0438. The zero-order valence-electron chi connectivity index (χ0n) is 19.5. The van der Waals surface area contributed by atoms with Crippen molar-refractivity contribution in [2.45, 2.75) is 103 Å². The maximum Gasteiger partial charge on any atom is 0.342 e. The van der Waals surface area contributed by atoms with E-state index in [4.69, 9.17) is 23.7 Å². The second kappa shape index (κ2) is 8.15. The van der Waals surface area contributed by atoms with Crippen LogP contribution in [-0.2, 0) is 33.3 Å². The second-order valence-corrected chi connectivity index (χ2v) is 10.3. The third-order valence-electron chi connectivity index (χ3n) is 6.69. The highest BCUT2D eigenvalue weighted by Gasteiger charge is 2.71. The van der Waals surface area contributed by atoms with Gasteiger partial charge < -0.3 is 23.7 Å². The van der Waals surface area contributed by atoms with Crippen LogP contribution in [0.3, 0.4) is 0 Å². The van der Waals surface area contributed by atoms with Crippen LogP contribution in [0.25, 0.3) is 0 Å². The van der Waals surface area contributed by atoms with Gasteiger partial charge >= 0.3 is 5.97 Å². The first-order chi connectivity index (χ1) is 13.9. The molecule has 3 aliphatic rings. The summed E-state index contributed by atoms with van der Waals surface area (Å²) in [4.78, 5) is 26.9. The first kappa shape index (κ1) is 23.6. The van der Waals surface area contributed by atoms with Crippen molar-refractivity contribution in [3.63, 3.8) is 0 Å². The molecule has 0 aromatic rings. The molecular weight excluding hydrogens is 388 g/mol. The van der Waals surface area contributed by atoms with Gasteiger partial charge in [0, 0.05) is 31.8 Å². The van der Waals surface area contributed by atoms with Gasteiger partial charge in [0.05, 0.1) is 13.2 Å². The molecule has 0 radical (unpaired) electrons. The number of rotatable bonds is 7. The predicted octanol–water partition coefficient (Wildman–Crippen LogP) is 3.42. The van der Waals surface area contributed by atoms with E-state index in [2.05, 4.69) is 0 Å². The van der Waals surface area contributed by atoms with Gasteiger partial charge in [-0.1, -0.05) is 13.8 Å². The van der Waals surface area contributed by atoms with Crippen molar-refractivity contribution in [2.75, 3.05) is 19.8 Å². The van der Waals surface area contributed by atoms with Gasteiger partial charge in [-0.2, -0.15) is 0 Å². The Hall–Kier alpha value is -1.02. The van der Waals surface area contributed by atoms with Crippen LogP contribution >= 0.6 is 0 Å². The molecule has 0 saturated carbocycles. The average Bonchev–Trinajstić information content (AvgIpc) is 3.19. The molecule has 172 valence electrons. The number of carbonyl (C=O) groups excluding carboxylic acids is 2. The number of ether oxygens (including phenoxy) is 5.